The minimum Gasteiger partial charge on any atom is -0.317 e. The highest BCUT2D eigenvalue weighted by atomic mass is 79.9. The van der Waals surface area contributed by atoms with Crippen LogP contribution < -0.4 is 0 Å². The van der Waals surface area contributed by atoms with E-state index < -0.39 is 0 Å². The summed E-state index contributed by atoms with van der Waals surface area (Å²) in [4.78, 5) is 0. The average Bonchev–Trinajstić information content (AvgIpc) is 3.04. The van der Waals surface area contributed by atoms with Crippen LogP contribution in [0.4, 0.5) is 0 Å². The largest absolute Gasteiger partial charge is 0.317 e. The van der Waals surface area contributed by atoms with E-state index >= 15 is 0 Å². The van der Waals surface area contributed by atoms with E-state index in [0.29, 0.717) is 5.57 Å². The molecule has 0 bridgehead atoms. The Kier molecular flexibility index (Phi) is 4.89. The third-order valence-corrected chi connectivity index (χ3v) is 4.72. The summed E-state index contributed by atoms with van der Waals surface area (Å²) in [5.74, 6) is 0. The van der Waals surface area contributed by atoms with Gasteiger partial charge in [0.1, 0.15) is 0 Å². The first-order valence-corrected chi connectivity index (χ1v) is 8.57. The first kappa shape index (κ1) is 16.6. The van der Waals surface area contributed by atoms with E-state index in [9.17, 15) is 5.26 Å². The van der Waals surface area contributed by atoms with Crippen LogP contribution in [0.5, 0.6) is 0 Å². The molecular formula is C20H14BrClN2. The highest BCUT2D eigenvalue weighted by Crippen LogP contribution is 2.24. The lowest BCUT2D eigenvalue weighted by atomic mass is 10.1. The number of hydrogen-bond donors (Lipinski definition) is 0. The Balaban J connectivity index is 2.04. The minimum absolute atomic E-state index is 0.612. The van der Waals surface area contributed by atoms with Gasteiger partial charge in [-0.05, 0) is 60.5 Å². The summed E-state index contributed by atoms with van der Waals surface area (Å²) in [6.07, 6.45) is 3.85. The lowest BCUT2D eigenvalue weighted by molar-refractivity contribution is 1.06. The Hall–Kier alpha value is -2.28. The molecule has 2 nitrogen and oxygen atoms in total. The lowest BCUT2D eigenvalue weighted by Crippen LogP contribution is -1.95. The summed E-state index contributed by atoms with van der Waals surface area (Å²) in [7, 11) is 0. The SMILES string of the molecule is Cc1ccc(-n2cccc2/C=C(/C#N)c2ccc(Br)cc2)cc1Cl. The van der Waals surface area contributed by atoms with Crippen LogP contribution in [-0.4, -0.2) is 4.57 Å². The molecule has 0 saturated carbocycles. The first-order chi connectivity index (χ1) is 11.6. The highest BCUT2D eigenvalue weighted by Gasteiger charge is 2.06. The summed E-state index contributed by atoms with van der Waals surface area (Å²) in [5, 5.41) is 10.3. The number of benzene rings is 2. The van der Waals surface area contributed by atoms with Crippen molar-refractivity contribution in [3.63, 3.8) is 0 Å². The minimum atomic E-state index is 0.612. The smallest absolute Gasteiger partial charge is 0.0998 e. The Morgan fingerprint density at radius 2 is 1.92 bits per heavy atom. The van der Waals surface area contributed by atoms with Gasteiger partial charge >= 0.3 is 0 Å². The van der Waals surface area contributed by atoms with Gasteiger partial charge in [-0.3, -0.25) is 0 Å². The fourth-order valence-corrected chi connectivity index (χ4v) is 2.88. The van der Waals surface area contributed by atoms with Gasteiger partial charge in [-0.2, -0.15) is 5.26 Å². The molecule has 4 heteroatoms. The van der Waals surface area contributed by atoms with Crippen LogP contribution >= 0.6 is 27.5 Å². The summed E-state index contributed by atoms with van der Waals surface area (Å²) in [6, 6.07) is 19.9. The number of nitriles is 1. The molecule has 24 heavy (non-hydrogen) atoms. The van der Waals surface area contributed by atoms with Gasteiger partial charge in [-0.1, -0.05) is 45.7 Å². The number of allylic oxidation sites excluding steroid dienone is 1. The number of hydrogen-bond acceptors (Lipinski definition) is 1. The van der Waals surface area contributed by atoms with Gasteiger partial charge in [-0.15, -0.1) is 0 Å². The average molecular weight is 398 g/mol. The molecule has 0 spiro atoms. The topological polar surface area (TPSA) is 28.7 Å². The number of nitrogens with zero attached hydrogens (tertiary/aromatic N) is 2. The van der Waals surface area contributed by atoms with Crippen LogP contribution in [0.1, 0.15) is 16.8 Å². The van der Waals surface area contributed by atoms with Crippen LogP contribution in [0.25, 0.3) is 17.3 Å². The van der Waals surface area contributed by atoms with E-state index in [0.717, 1.165) is 32.0 Å². The molecule has 0 atom stereocenters. The Morgan fingerprint density at radius 1 is 1.17 bits per heavy atom. The van der Waals surface area contributed by atoms with E-state index in [4.69, 9.17) is 11.6 Å². The molecule has 0 N–H and O–H groups in total. The molecule has 118 valence electrons. The van der Waals surface area contributed by atoms with Crippen molar-refractivity contribution in [2.75, 3.05) is 0 Å². The molecule has 3 rings (SSSR count). The summed E-state index contributed by atoms with van der Waals surface area (Å²) in [6.45, 7) is 1.98. The summed E-state index contributed by atoms with van der Waals surface area (Å²) < 4.78 is 3.00. The van der Waals surface area contributed by atoms with E-state index in [-0.39, 0.29) is 0 Å². The molecule has 2 aromatic carbocycles. The quantitative estimate of drug-likeness (QED) is 0.479. The maximum absolute atomic E-state index is 9.53. The zero-order valence-corrected chi connectivity index (χ0v) is 15.3. The van der Waals surface area contributed by atoms with Crippen LogP contribution in [0.3, 0.4) is 0 Å². The lowest BCUT2D eigenvalue weighted by Gasteiger charge is -2.09. The standard InChI is InChI=1S/C20H14BrClN2/c1-14-4-9-19(12-20(14)22)24-10-2-3-18(24)11-16(13-23)15-5-7-17(21)8-6-15/h2-12H,1H3/b16-11-. The fourth-order valence-electron chi connectivity index (χ4n) is 2.44. The van der Waals surface area contributed by atoms with Crippen LogP contribution in [0.15, 0.2) is 65.3 Å². The maximum atomic E-state index is 9.53. The number of aromatic nitrogens is 1. The predicted octanol–water partition coefficient (Wildman–Crippen LogP) is 6.27. The number of rotatable bonds is 3. The highest BCUT2D eigenvalue weighted by molar-refractivity contribution is 9.10. The number of halogens is 2. The van der Waals surface area contributed by atoms with Crippen molar-refractivity contribution < 1.29 is 0 Å². The van der Waals surface area contributed by atoms with Gasteiger partial charge < -0.3 is 4.57 Å². The number of aryl methyl sites for hydroxylation is 1. The van der Waals surface area contributed by atoms with Gasteiger partial charge in [0.2, 0.25) is 0 Å². The summed E-state index contributed by atoms with van der Waals surface area (Å²) >= 11 is 9.65. The van der Waals surface area contributed by atoms with Crippen LogP contribution in [-0.2, 0) is 0 Å². The van der Waals surface area contributed by atoms with Crippen molar-refractivity contribution in [1.82, 2.24) is 4.57 Å². The Labute approximate surface area is 154 Å². The van der Waals surface area contributed by atoms with E-state index in [2.05, 4.69) is 22.0 Å². The van der Waals surface area contributed by atoms with Gasteiger partial charge in [0.25, 0.3) is 0 Å². The summed E-state index contributed by atoms with van der Waals surface area (Å²) in [5.41, 5.74) is 4.43. The molecule has 0 aliphatic rings. The molecule has 1 heterocycles. The van der Waals surface area contributed by atoms with Crippen molar-refractivity contribution in [3.05, 3.63) is 87.1 Å². The van der Waals surface area contributed by atoms with Crippen molar-refractivity contribution in [1.29, 1.82) is 5.26 Å². The van der Waals surface area contributed by atoms with Crippen LogP contribution in [0, 0.1) is 18.3 Å². The maximum Gasteiger partial charge on any atom is 0.0998 e. The molecule has 0 aliphatic heterocycles. The van der Waals surface area contributed by atoms with Gasteiger partial charge in [0.15, 0.2) is 0 Å². The predicted molar refractivity (Wildman–Crippen MR) is 103 cm³/mol. The Morgan fingerprint density at radius 3 is 2.58 bits per heavy atom. The second kappa shape index (κ2) is 7.09. The zero-order chi connectivity index (χ0) is 17.1. The molecule has 0 fully saturated rings. The second-order valence-electron chi connectivity index (χ2n) is 5.41. The van der Waals surface area contributed by atoms with E-state index in [1.165, 1.54) is 0 Å². The first-order valence-electron chi connectivity index (χ1n) is 7.40. The zero-order valence-electron chi connectivity index (χ0n) is 13.0. The monoisotopic (exact) mass is 396 g/mol. The molecule has 1 aromatic heterocycles. The molecule has 0 amide bonds. The molecule has 3 aromatic rings. The van der Waals surface area contributed by atoms with Gasteiger partial charge in [0, 0.05) is 27.1 Å². The third-order valence-electron chi connectivity index (χ3n) is 3.78. The molecule has 0 saturated heterocycles. The van der Waals surface area contributed by atoms with E-state index in [1.54, 1.807) is 0 Å². The molecular weight excluding hydrogens is 384 g/mol. The third kappa shape index (κ3) is 3.46. The van der Waals surface area contributed by atoms with Crippen LogP contribution in [0.2, 0.25) is 5.02 Å². The fraction of sp³-hybridized carbons (Fsp3) is 0.0500. The van der Waals surface area contributed by atoms with Crippen molar-refractivity contribution in [2.24, 2.45) is 0 Å². The van der Waals surface area contributed by atoms with Gasteiger partial charge in [0.05, 0.1) is 11.6 Å². The van der Waals surface area contributed by atoms with Crippen molar-refractivity contribution >= 4 is 39.2 Å². The van der Waals surface area contributed by atoms with Crippen molar-refractivity contribution in [2.45, 2.75) is 6.92 Å². The second-order valence-corrected chi connectivity index (χ2v) is 6.74. The normalized spacial score (nSPS) is 11.3. The van der Waals surface area contributed by atoms with Gasteiger partial charge in [-0.25, -0.2) is 0 Å². The molecule has 0 aliphatic carbocycles. The van der Waals surface area contributed by atoms with E-state index in [1.807, 2.05) is 78.4 Å². The Bertz CT molecular complexity index is 947. The molecule has 0 unspecified atom stereocenters. The van der Waals surface area contributed by atoms with Crippen molar-refractivity contribution in [3.8, 4) is 11.8 Å². The molecule has 0 radical (unpaired) electrons.